The van der Waals surface area contributed by atoms with Crippen LogP contribution in [0.3, 0.4) is 0 Å². The van der Waals surface area contributed by atoms with Gasteiger partial charge in [0.25, 0.3) is 0 Å². The second kappa shape index (κ2) is 7.05. The Hall–Kier alpha value is -2.68. The Morgan fingerprint density at radius 2 is 1.52 bits per heavy atom. The summed E-state index contributed by atoms with van der Waals surface area (Å²) in [4.78, 5) is 23.8. The third-order valence-electron chi connectivity index (χ3n) is 3.19. The first-order valence-electron chi connectivity index (χ1n) is 7.46. The first-order valence-corrected chi connectivity index (χ1v) is 7.46. The zero-order valence-corrected chi connectivity index (χ0v) is 13.6. The summed E-state index contributed by atoms with van der Waals surface area (Å²) in [7, 11) is 0. The molecule has 3 nitrogen and oxygen atoms in total. The van der Waals surface area contributed by atoms with Gasteiger partial charge >= 0.3 is 5.97 Å². The lowest BCUT2D eigenvalue weighted by molar-refractivity contribution is -0.142. The molecule has 0 spiro atoms. The highest BCUT2D eigenvalue weighted by Crippen LogP contribution is 2.20. The predicted octanol–water partition coefficient (Wildman–Crippen LogP) is 4.53. The van der Waals surface area contributed by atoms with Crippen LogP contribution in [0.15, 0.2) is 60.7 Å². The molecule has 0 aliphatic heterocycles. The summed E-state index contributed by atoms with van der Waals surface area (Å²) >= 11 is 0. The number of ether oxygens (including phenoxy) is 1. The van der Waals surface area contributed by atoms with Crippen molar-refractivity contribution >= 4 is 17.8 Å². The van der Waals surface area contributed by atoms with Gasteiger partial charge in [-0.1, -0.05) is 48.5 Å². The van der Waals surface area contributed by atoms with Crippen molar-refractivity contribution < 1.29 is 14.3 Å². The van der Waals surface area contributed by atoms with Crippen molar-refractivity contribution in [2.75, 3.05) is 0 Å². The Labute approximate surface area is 136 Å². The van der Waals surface area contributed by atoms with Gasteiger partial charge in [0, 0.05) is 5.56 Å². The molecule has 23 heavy (non-hydrogen) atoms. The van der Waals surface area contributed by atoms with Crippen molar-refractivity contribution in [2.45, 2.75) is 20.8 Å². The van der Waals surface area contributed by atoms with Gasteiger partial charge in [-0.15, -0.1) is 0 Å². The minimum absolute atomic E-state index is 0.0474. The average molecular weight is 308 g/mol. The third-order valence-corrected chi connectivity index (χ3v) is 3.19. The zero-order chi connectivity index (χ0) is 16.9. The maximum absolute atomic E-state index is 12.0. The summed E-state index contributed by atoms with van der Waals surface area (Å²) < 4.78 is 5.30. The molecule has 2 aromatic rings. The molecule has 0 fully saturated rings. The third kappa shape index (κ3) is 4.92. The van der Waals surface area contributed by atoms with Crippen LogP contribution in [0.5, 0.6) is 5.75 Å². The molecule has 0 aromatic heterocycles. The van der Waals surface area contributed by atoms with E-state index in [1.807, 2.05) is 39.0 Å². The number of esters is 1. The fraction of sp³-hybridized carbons (Fsp3) is 0.200. The van der Waals surface area contributed by atoms with Crippen LogP contribution >= 0.6 is 0 Å². The molecule has 0 bridgehead atoms. The van der Waals surface area contributed by atoms with Crippen LogP contribution in [0.1, 0.15) is 36.7 Å². The van der Waals surface area contributed by atoms with E-state index >= 15 is 0 Å². The van der Waals surface area contributed by atoms with E-state index in [9.17, 15) is 9.59 Å². The van der Waals surface area contributed by atoms with E-state index in [1.54, 1.807) is 42.5 Å². The van der Waals surface area contributed by atoms with Gasteiger partial charge in [-0.3, -0.25) is 9.59 Å². The molecule has 0 heterocycles. The number of carbonyl (C=O) groups is 2. The second-order valence-electron chi connectivity index (χ2n) is 6.27. The van der Waals surface area contributed by atoms with Crippen LogP contribution in [-0.4, -0.2) is 11.8 Å². The number of ketones is 1. The van der Waals surface area contributed by atoms with Gasteiger partial charge in [0.15, 0.2) is 5.78 Å². The van der Waals surface area contributed by atoms with Crippen LogP contribution in [0.4, 0.5) is 0 Å². The molecule has 0 amide bonds. The van der Waals surface area contributed by atoms with Gasteiger partial charge in [-0.2, -0.15) is 0 Å². The summed E-state index contributed by atoms with van der Waals surface area (Å²) in [6.07, 6.45) is 3.27. The van der Waals surface area contributed by atoms with Crippen molar-refractivity contribution in [3.63, 3.8) is 0 Å². The number of carbonyl (C=O) groups excluding carboxylic acids is 2. The zero-order valence-electron chi connectivity index (χ0n) is 13.6. The highest BCUT2D eigenvalue weighted by molar-refractivity contribution is 6.06. The Balaban J connectivity index is 2.01. The van der Waals surface area contributed by atoms with E-state index in [0.717, 1.165) is 5.56 Å². The van der Waals surface area contributed by atoms with Crippen molar-refractivity contribution in [1.29, 1.82) is 0 Å². The fourth-order valence-corrected chi connectivity index (χ4v) is 1.78. The van der Waals surface area contributed by atoms with Crippen LogP contribution < -0.4 is 4.74 Å². The lowest BCUT2D eigenvalue weighted by Crippen LogP contribution is -2.25. The predicted molar refractivity (Wildman–Crippen MR) is 91.3 cm³/mol. The summed E-state index contributed by atoms with van der Waals surface area (Å²) in [6, 6.07) is 16.1. The summed E-state index contributed by atoms with van der Waals surface area (Å²) in [5.74, 6) is 0.172. The minimum Gasteiger partial charge on any atom is -0.426 e. The first-order chi connectivity index (χ1) is 10.9. The van der Waals surface area contributed by atoms with Gasteiger partial charge in [-0.05, 0) is 44.5 Å². The topological polar surface area (TPSA) is 43.4 Å². The normalized spacial score (nSPS) is 11.4. The lowest BCUT2D eigenvalue weighted by Gasteiger charge is -2.16. The van der Waals surface area contributed by atoms with Crippen molar-refractivity contribution in [3.05, 3.63) is 71.8 Å². The van der Waals surface area contributed by atoms with E-state index in [0.29, 0.717) is 11.3 Å². The lowest BCUT2D eigenvalue weighted by atomic mass is 9.97. The summed E-state index contributed by atoms with van der Waals surface area (Å²) in [5, 5.41) is 0. The van der Waals surface area contributed by atoms with E-state index < -0.39 is 5.41 Å². The molecule has 0 aliphatic rings. The van der Waals surface area contributed by atoms with Crippen LogP contribution in [0, 0.1) is 5.41 Å². The van der Waals surface area contributed by atoms with Gasteiger partial charge in [0.2, 0.25) is 0 Å². The molecule has 2 aromatic carbocycles. The Kier molecular flexibility index (Phi) is 5.12. The van der Waals surface area contributed by atoms with Crippen molar-refractivity contribution in [2.24, 2.45) is 5.41 Å². The van der Waals surface area contributed by atoms with Crippen molar-refractivity contribution in [3.8, 4) is 5.75 Å². The van der Waals surface area contributed by atoms with E-state index in [-0.39, 0.29) is 11.8 Å². The molecule has 0 atom stereocenters. The van der Waals surface area contributed by atoms with Gasteiger partial charge in [-0.25, -0.2) is 0 Å². The molecule has 0 saturated carbocycles. The molecule has 118 valence electrons. The number of hydrogen-bond acceptors (Lipinski definition) is 3. The number of rotatable bonds is 4. The average Bonchev–Trinajstić information content (AvgIpc) is 2.54. The van der Waals surface area contributed by atoms with Gasteiger partial charge in [0.05, 0.1) is 5.41 Å². The van der Waals surface area contributed by atoms with E-state index in [2.05, 4.69) is 0 Å². The molecular weight excluding hydrogens is 288 g/mol. The SMILES string of the molecule is CC(C)(C)C(=O)Oc1ccc(/C=C/C(=O)c2ccccc2)cc1. The Morgan fingerprint density at radius 1 is 0.913 bits per heavy atom. The monoisotopic (exact) mass is 308 g/mol. The maximum atomic E-state index is 12.0. The number of benzene rings is 2. The Morgan fingerprint density at radius 3 is 2.09 bits per heavy atom. The van der Waals surface area contributed by atoms with Gasteiger partial charge in [0.1, 0.15) is 5.75 Å². The molecule has 0 unspecified atom stereocenters. The fourth-order valence-electron chi connectivity index (χ4n) is 1.78. The smallest absolute Gasteiger partial charge is 0.316 e. The largest absolute Gasteiger partial charge is 0.426 e. The quantitative estimate of drug-likeness (QED) is 0.360. The molecule has 3 heteroatoms. The Bertz CT molecular complexity index is 705. The molecule has 0 radical (unpaired) electrons. The van der Waals surface area contributed by atoms with Crippen LogP contribution in [0.2, 0.25) is 0 Å². The number of hydrogen-bond donors (Lipinski definition) is 0. The molecule has 0 aliphatic carbocycles. The van der Waals surface area contributed by atoms with Crippen LogP contribution in [-0.2, 0) is 4.79 Å². The molecular formula is C20H20O3. The van der Waals surface area contributed by atoms with Crippen LogP contribution in [0.25, 0.3) is 6.08 Å². The molecule has 2 rings (SSSR count). The number of allylic oxidation sites excluding steroid dienone is 1. The molecule has 0 saturated heterocycles. The first kappa shape index (κ1) is 16.7. The summed E-state index contributed by atoms with van der Waals surface area (Å²) in [5.41, 5.74) is 0.977. The maximum Gasteiger partial charge on any atom is 0.316 e. The highest BCUT2D eigenvalue weighted by Gasteiger charge is 2.23. The highest BCUT2D eigenvalue weighted by atomic mass is 16.5. The standard InChI is InChI=1S/C20H20O3/c1-20(2,3)19(22)23-17-12-9-15(10-13-17)11-14-18(21)16-7-5-4-6-8-16/h4-14H,1-3H3/b14-11+. The van der Waals surface area contributed by atoms with Gasteiger partial charge < -0.3 is 4.74 Å². The van der Waals surface area contributed by atoms with E-state index in [4.69, 9.17) is 4.74 Å². The second-order valence-corrected chi connectivity index (χ2v) is 6.27. The van der Waals surface area contributed by atoms with Crippen molar-refractivity contribution in [1.82, 2.24) is 0 Å². The van der Waals surface area contributed by atoms with E-state index in [1.165, 1.54) is 6.08 Å². The summed E-state index contributed by atoms with van der Waals surface area (Å²) in [6.45, 7) is 5.42. The minimum atomic E-state index is -0.541. The molecule has 0 N–H and O–H groups in total.